The number of hydrogen-bond acceptors (Lipinski definition) is 12. The van der Waals surface area contributed by atoms with Crippen LogP contribution in [0.15, 0.2) is 72.8 Å². The highest BCUT2D eigenvalue weighted by atomic mass is 19.3. The molecule has 290 valence electrons. The molecule has 0 bridgehead atoms. The van der Waals surface area contributed by atoms with E-state index in [0.29, 0.717) is 36.7 Å². The minimum Gasteiger partial charge on any atom is -0.504 e. The van der Waals surface area contributed by atoms with E-state index in [-0.39, 0.29) is 56.8 Å². The number of hydrogen-bond donors (Lipinski definition) is 4. The van der Waals surface area contributed by atoms with Crippen LogP contribution in [0.25, 0.3) is 0 Å². The zero-order chi connectivity index (χ0) is 38.8. The lowest BCUT2D eigenvalue weighted by atomic mass is 9.89. The second kappa shape index (κ2) is 21.4. The molecular formula is C37H46F2N2O12. The molecule has 1 fully saturated rings. The van der Waals surface area contributed by atoms with Gasteiger partial charge >= 0.3 is 11.9 Å². The summed E-state index contributed by atoms with van der Waals surface area (Å²) in [6.45, 7) is 0.342. The Morgan fingerprint density at radius 1 is 1.06 bits per heavy atom. The molecule has 0 saturated heterocycles. The molecule has 0 radical (unpaired) electrons. The van der Waals surface area contributed by atoms with Crippen molar-refractivity contribution in [3.8, 4) is 17.2 Å². The molecule has 1 amide bonds. The predicted molar refractivity (Wildman–Crippen MR) is 185 cm³/mol. The largest absolute Gasteiger partial charge is 0.504 e. The Hall–Kier alpha value is -5.09. The molecule has 0 aliphatic heterocycles. The number of rotatable bonds is 22. The minimum absolute atomic E-state index is 0.00530. The fourth-order valence-electron chi connectivity index (χ4n) is 5.54. The molecule has 1 unspecified atom stereocenters. The van der Waals surface area contributed by atoms with Gasteiger partial charge in [0.2, 0.25) is 5.91 Å². The molecule has 2 aromatic carbocycles. The van der Waals surface area contributed by atoms with Crippen LogP contribution in [-0.4, -0.2) is 82.2 Å². The van der Waals surface area contributed by atoms with Gasteiger partial charge in [-0.2, -0.15) is 8.78 Å². The Bertz CT molecular complexity index is 1560. The molecule has 53 heavy (non-hydrogen) atoms. The number of carbonyl (C=O) groups excluding carboxylic acids is 3. The van der Waals surface area contributed by atoms with Gasteiger partial charge in [0.1, 0.15) is 11.8 Å². The van der Waals surface area contributed by atoms with Crippen LogP contribution in [0.3, 0.4) is 0 Å². The van der Waals surface area contributed by atoms with Gasteiger partial charge in [-0.1, -0.05) is 42.5 Å². The molecule has 0 spiro atoms. The van der Waals surface area contributed by atoms with Gasteiger partial charge in [0.15, 0.2) is 18.1 Å². The van der Waals surface area contributed by atoms with E-state index in [0.717, 1.165) is 0 Å². The van der Waals surface area contributed by atoms with Crippen molar-refractivity contribution < 1.29 is 62.6 Å². The maximum Gasteiger partial charge on any atom is 0.333 e. The molecule has 3 rings (SSSR count). The normalized spacial score (nSPS) is 19.2. The Morgan fingerprint density at radius 3 is 2.53 bits per heavy atom. The number of benzene rings is 2. The maximum atomic E-state index is 14.5. The minimum atomic E-state index is -3.28. The zero-order valence-electron chi connectivity index (χ0n) is 29.3. The van der Waals surface area contributed by atoms with E-state index in [2.05, 4.69) is 10.2 Å². The monoisotopic (exact) mass is 748 g/mol. The molecule has 2 aromatic rings. The van der Waals surface area contributed by atoms with Crippen molar-refractivity contribution in [2.24, 2.45) is 11.8 Å². The van der Waals surface area contributed by atoms with Gasteiger partial charge < -0.3 is 39.7 Å². The van der Waals surface area contributed by atoms with Gasteiger partial charge in [0.25, 0.3) is 11.0 Å². The number of halogens is 2. The molecule has 0 heterocycles. The van der Waals surface area contributed by atoms with E-state index in [1.54, 1.807) is 48.6 Å². The van der Waals surface area contributed by atoms with Crippen LogP contribution < -0.4 is 14.8 Å². The van der Waals surface area contributed by atoms with Gasteiger partial charge in [-0.05, 0) is 74.4 Å². The van der Waals surface area contributed by atoms with Crippen molar-refractivity contribution in [2.75, 3.05) is 19.8 Å². The third-order valence-electron chi connectivity index (χ3n) is 8.34. The predicted octanol–water partition coefficient (Wildman–Crippen LogP) is 4.62. The Kier molecular flexibility index (Phi) is 17.1. The summed E-state index contributed by atoms with van der Waals surface area (Å²) in [6, 6.07) is 11.5. The Morgan fingerprint density at radius 2 is 1.81 bits per heavy atom. The van der Waals surface area contributed by atoms with Crippen molar-refractivity contribution >= 4 is 17.8 Å². The number of esters is 2. The van der Waals surface area contributed by atoms with Gasteiger partial charge in [-0.3, -0.25) is 9.59 Å². The molecule has 1 aliphatic rings. The number of unbranched alkanes of at least 4 members (excludes halogenated alkanes) is 1. The summed E-state index contributed by atoms with van der Waals surface area (Å²) in [5, 5.41) is 42.9. The lowest BCUT2D eigenvalue weighted by molar-refractivity contribution is -0.757. The summed E-state index contributed by atoms with van der Waals surface area (Å²) in [4.78, 5) is 50.9. The molecule has 4 N–H and O–H groups in total. The molecule has 16 heteroatoms. The lowest BCUT2D eigenvalue weighted by Crippen LogP contribution is -2.40. The molecule has 1 aliphatic carbocycles. The first-order valence-corrected chi connectivity index (χ1v) is 17.3. The third kappa shape index (κ3) is 15.6. The summed E-state index contributed by atoms with van der Waals surface area (Å²) in [5.41, 5.74) is 0.584. The zero-order valence-corrected chi connectivity index (χ0v) is 29.3. The van der Waals surface area contributed by atoms with E-state index in [9.17, 15) is 48.6 Å². The number of phenolic OH excluding ortho intramolecular Hbond substituents is 1. The number of allylic oxidation sites excluding steroid dienone is 2. The molecule has 14 nitrogen and oxygen atoms in total. The van der Waals surface area contributed by atoms with Crippen LogP contribution in [0.2, 0.25) is 0 Å². The van der Waals surface area contributed by atoms with Gasteiger partial charge in [0, 0.05) is 31.6 Å². The summed E-state index contributed by atoms with van der Waals surface area (Å²) in [6.07, 6.45) is 5.45. The van der Waals surface area contributed by atoms with Crippen molar-refractivity contribution in [3.63, 3.8) is 0 Å². The quantitative estimate of drug-likeness (QED) is 0.0325. The SMILES string of the molecule is CC(NC(=O)CCC/C=C\C[C@@H]1[C@@H](/C=C/C(F)(F)COc2ccccc2)[C@H](O)C[C@@H]1O)C(=O)Oc1ccc(CCOC(=O)CCCO[N+](=O)[O-])cc1O. The van der Waals surface area contributed by atoms with E-state index in [1.165, 1.54) is 25.1 Å². The number of aliphatic hydroxyl groups excluding tert-OH is 2. The number of nitrogens with zero attached hydrogens (tertiary/aromatic N) is 1. The number of amides is 1. The highest BCUT2D eigenvalue weighted by Gasteiger charge is 2.40. The number of aliphatic hydroxyl groups is 2. The van der Waals surface area contributed by atoms with E-state index < -0.39 is 65.5 Å². The Balaban J connectivity index is 1.34. The molecule has 1 saturated carbocycles. The number of alkyl halides is 2. The first-order chi connectivity index (χ1) is 25.2. The van der Waals surface area contributed by atoms with Crippen LogP contribution >= 0.6 is 0 Å². The first-order valence-electron chi connectivity index (χ1n) is 17.3. The topological polar surface area (TPSA) is 204 Å². The summed E-state index contributed by atoms with van der Waals surface area (Å²) < 4.78 is 44.4. The Labute approximate surface area is 305 Å². The average molecular weight is 749 g/mol. The van der Waals surface area contributed by atoms with Crippen molar-refractivity contribution in [3.05, 3.63) is 88.5 Å². The number of nitrogens with one attached hydrogen (secondary N) is 1. The standard InChI is InChI=1S/C37H46F2N2O12/c1-25(36(47)53-33-16-15-26(22-32(33)44)18-21-50-35(46)14-9-20-52-41(48)49)40-34(45)13-8-3-2-7-12-28-29(31(43)23-30(28)42)17-19-37(38,39)24-51-27-10-5-4-6-11-27/h2,4-7,10-11,15-17,19,22,25,28-31,42-44H,3,8-9,12-14,18,20-21,23-24H2,1H3,(H,40,45)/b7-2-,19-17+/t25?,28-,29-,30+,31-/m1/s1. The van der Waals surface area contributed by atoms with Crippen molar-refractivity contribution in [2.45, 2.75) is 82.5 Å². The number of aromatic hydroxyl groups is 1. The number of carbonyl (C=O) groups is 3. The fraction of sp³-hybridized carbons (Fsp3) is 0.486. The number of phenols is 1. The summed E-state index contributed by atoms with van der Waals surface area (Å²) in [7, 11) is 0. The smallest absolute Gasteiger partial charge is 0.333 e. The molecule has 0 aromatic heterocycles. The first kappa shape index (κ1) is 42.3. The number of para-hydroxylation sites is 1. The van der Waals surface area contributed by atoms with Crippen molar-refractivity contribution in [1.29, 1.82) is 0 Å². The van der Waals surface area contributed by atoms with Crippen molar-refractivity contribution in [1.82, 2.24) is 5.32 Å². The van der Waals surface area contributed by atoms with Crippen LogP contribution in [0.1, 0.15) is 57.4 Å². The van der Waals surface area contributed by atoms with E-state index in [4.69, 9.17) is 14.2 Å². The van der Waals surface area contributed by atoms with Gasteiger partial charge in [-0.15, -0.1) is 10.1 Å². The van der Waals surface area contributed by atoms with E-state index in [1.807, 2.05) is 0 Å². The second-order valence-electron chi connectivity index (χ2n) is 12.6. The third-order valence-corrected chi connectivity index (χ3v) is 8.34. The number of ether oxygens (including phenoxy) is 3. The van der Waals surface area contributed by atoms with E-state index >= 15 is 0 Å². The summed E-state index contributed by atoms with van der Waals surface area (Å²) >= 11 is 0. The fourth-order valence-corrected chi connectivity index (χ4v) is 5.54. The maximum absolute atomic E-state index is 14.5. The van der Waals surface area contributed by atoms with Crippen LogP contribution in [-0.2, 0) is 30.4 Å². The molecule has 5 atom stereocenters. The highest BCUT2D eigenvalue weighted by Crippen LogP contribution is 2.37. The molecular weight excluding hydrogens is 702 g/mol. The van der Waals surface area contributed by atoms with Crippen LogP contribution in [0, 0.1) is 22.0 Å². The van der Waals surface area contributed by atoms with Gasteiger partial charge in [-0.25, -0.2) is 4.79 Å². The van der Waals surface area contributed by atoms with Gasteiger partial charge in [0.05, 0.1) is 25.4 Å². The average Bonchev–Trinajstić information content (AvgIpc) is 3.38. The second-order valence-corrected chi connectivity index (χ2v) is 12.6. The highest BCUT2D eigenvalue weighted by molar-refractivity contribution is 5.85. The summed E-state index contributed by atoms with van der Waals surface area (Å²) in [5.74, 6) is -6.35. The van der Waals surface area contributed by atoms with Crippen LogP contribution in [0.4, 0.5) is 8.78 Å². The lowest BCUT2D eigenvalue weighted by Gasteiger charge is -2.20. The van der Waals surface area contributed by atoms with Crippen LogP contribution in [0.5, 0.6) is 17.2 Å².